The molecule has 4 heteroatoms. The third-order valence-corrected chi connectivity index (χ3v) is 5.13. The van der Waals surface area contributed by atoms with Crippen LogP contribution in [0.15, 0.2) is 17.1 Å². The summed E-state index contributed by atoms with van der Waals surface area (Å²) in [6.45, 7) is 5.91. The minimum atomic E-state index is -0.779. The van der Waals surface area contributed by atoms with Crippen molar-refractivity contribution in [3.8, 4) is 0 Å². The van der Waals surface area contributed by atoms with E-state index in [1.165, 1.54) is 22.3 Å². The summed E-state index contributed by atoms with van der Waals surface area (Å²) in [5.41, 5.74) is 4.85. The number of rotatable bonds is 2. The maximum absolute atomic E-state index is 14.7. The molecule has 112 valence electrons. The molecule has 0 radical (unpaired) electrons. The van der Waals surface area contributed by atoms with Gasteiger partial charge in [0.15, 0.2) is 0 Å². The van der Waals surface area contributed by atoms with Crippen molar-refractivity contribution in [2.45, 2.75) is 38.0 Å². The molecule has 2 atom stereocenters. The predicted molar refractivity (Wildman–Crippen MR) is 80.9 cm³/mol. The minimum Gasteiger partial charge on any atom is -0.378 e. The van der Waals surface area contributed by atoms with Crippen LogP contribution in [-0.4, -0.2) is 49.6 Å². The van der Waals surface area contributed by atoms with Gasteiger partial charge in [0.05, 0.1) is 25.8 Å². The number of likely N-dealkylation sites (tertiary alicyclic amines) is 1. The second-order valence-electron chi connectivity index (χ2n) is 6.47. The van der Waals surface area contributed by atoms with Crippen LogP contribution < -0.4 is 0 Å². The minimum absolute atomic E-state index is 0.0353. The molecule has 1 aromatic carbocycles. The number of alkyl halides is 1. The van der Waals surface area contributed by atoms with Crippen molar-refractivity contribution >= 4 is 6.21 Å². The van der Waals surface area contributed by atoms with Gasteiger partial charge in [-0.2, -0.15) is 0 Å². The van der Waals surface area contributed by atoms with Gasteiger partial charge in [-0.05, 0) is 48.2 Å². The highest BCUT2D eigenvalue weighted by Gasteiger charge is 2.36. The van der Waals surface area contributed by atoms with Gasteiger partial charge in [0.2, 0.25) is 0 Å². The van der Waals surface area contributed by atoms with E-state index < -0.39 is 6.17 Å². The van der Waals surface area contributed by atoms with E-state index in [1.807, 2.05) is 6.21 Å². The summed E-state index contributed by atoms with van der Waals surface area (Å²) in [5, 5.41) is 0. The van der Waals surface area contributed by atoms with Crippen molar-refractivity contribution in [2.75, 3.05) is 26.3 Å². The molecule has 0 spiro atoms. The molecule has 0 aliphatic carbocycles. The second-order valence-corrected chi connectivity index (χ2v) is 6.47. The fraction of sp³-hybridized carbons (Fsp3) is 0.588. The van der Waals surface area contributed by atoms with Crippen LogP contribution in [0.1, 0.15) is 34.6 Å². The Morgan fingerprint density at radius 3 is 2.90 bits per heavy atom. The van der Waals surface area contributed by atoms with Gasteiger partial charge in [0.25, 0.3) is 0 Å². The number of hydrogen-bond donors (Lipinski definition) is 0. The molecule has 3 aliphatic heterocycles. The highest BCUT2D eigenvalue weighted by atomic mass is 19.1. The first-order valence-corrected chi connectivity index (χ1v) is 7.81. The van der Waals surface area contributed by atoms with Crippen LogP contribution in [0.2, 0.25) is 0 Å². The zero-order valence-corrected chi connectivity index (χ0v) is 12.4. The van der Waals surface area contributed by atoms with E-state index >= 15 is 0 Å². The standard InChI is InChI=1S/C17H21FN2O/c1-11-4-12-6-19-7-13(12)5-16(11)15-2-3-20(8-17(15)18)14-9-21-10-14/h4-6,14-15,17H,2-3,7-10H2,1H3. The van der Waals surface area contributed by atoms with Gasteiger partial charge in [0.1, 0.15) is 6.17 Å². The largest absolute Gasteiger partial charge is 0.378 e. The third kappa shape index (κ3) is 2.30. The van der Waals surface area contributed by atoms with Gasteiger partial charge >= 0.3 is 0 Å². The van der Waals surface area contributed by atoms with Crippen molar-refractivity contribution in [1.82, 2.24) is 4.90 Å². The van der Waals surface area contributed by atoms with Crippen LogP contribution in [0.5, 0.6) is 0 Å². The maximum Gasteiger partial charge on any atom is 0.120 e. The summed E-state index contributed by atoms with van der Waals surface area (Å²) in [6.07, 6.45) is 2.05. The first-order valence-electron chi connectivity index (χ1n) is 7.81. The van der Waals surface area contributed by atoms with E-state index in [9.17, 15) is 4.39 Å². The quantitative estimate of drug-likeness (QED) is 0.835. The monoisotopic (exact) mass is 288 g/mol. The Morgan fingerprint density at radius 1 is 1.33 bits per heavy atom. The molecule has 2 fully saturated rings. The molecular weight excluding hydrogens is 267 g/mol. The molecule has 0 bridgehead atoms. The summed E-state index contributed by atoms with van der Waals surface area (Å²) in [7, 11) is 0. The molecule has 0 amide bonds. The number of piperidine rings is 1. The normalized spacial score (nSPS) is 29.4. The SMILES string of the molecule is Cc1cc2c(cc1C1CCN(C3COC3)CC1F)CN=C2. The summed E-state index contributed by atoms with van der Waals surface area (Å²) in [5.74, 6) is 0.0353. The fourth-order valence-electron chi connectivity index (χ4n) is 3.74. The molecule has 2 unspecified atom stereocenters. The van der Waals surface area contributed by atoms with Crippen LogP contribution in [0.25, 0.3) is 0 Å². The van der Waals surface area contributed by atoms with E-state index in [2.05, 4.69) is 28.9 Å². The topological polar surface area (TPSA) is 24.8 Å². The van der Waals surface area contributed by atoms with Crippen LogP contribution in [0, 0.1) is 6.92 Å². The molecule has 0 N–H and O–H groups in total. The van der Waals surface area contributed by atoms with Crippen molar-refractivity contribution in [3.05, 3.63) is 34.4 Å². The van der Waals surface area contributed by atoms with Crippen molar-refractivity contribution < 1.29 is 9.13 Å². The van der Waals surface area contributed by atoms with Gasteiger partial charge in [0, 0.05) is 18.7 Å². The Kier molecular flexibility index (Phi) is 3.31. The molecule has 3 heterocycles. The number of fused-ring (bicyclic) bond motifs is 1. The van der Waals surface area contributed by atoms with Crippen LogP contribution in [0.3, 0.4) is 0 Å². The first kappa shape index (κ1) is 13.4. The number of aryl methyl sites for hydroxylation is 1. The van der Waals surface area contributed by atoms with Crippen molar-refractivity contribution in [1.29, 1.82) is 0 Å². The van der Waals surface area contributed by atoms with E-state index in [1.54, 1.807) is 0 Å². The maximum atomic E-state index is 14.7. The van der Waals surface area contributed by atoms with E-state index in [-0.39, 0.29) is 5.92 Å². The van der Waals surface area contributed by atoms with Gasteiger partial charge in [-0.1, -0.05) is 6.07 Å². The molecule has 21 heavy (non-hydrogen) atoms. The smallest absolute Gasteiger partial charge is 0.120 e. The lowest BCUT2D eigenvalue weighted by atomic mass is 9.83. The Balaban J connectivity index is 1.54. The lowest BCUT2D eigenvalue weighted by Gasteiger charge is -2.43. The molecule has 0 aromatic heterocycles. The second kappa shape index (κ2) is 5.18. The van der Waals surface area contributed by atoms with E-state index in [4.69, 9.17) is 4.74 Å². The number of halogens is 1. The summed E-state index contributed by atoms with van der Waals surface area (Å²) < 4.78 is 19.9. The Hall–Kier alpha value is -1.26. The molecule has 2 saturated heterocycles. The van der Waals surface area contributed by atoms with Gasteiger partial charge in [-0.15, -0.1) is 0 Å². The number of ether oxygens (including phenoxy) is 1. The number of nitrogens with zero attached hydrogens (tertiary/aromatic N) is 2. The molecular formula is C17H21FN2O. The molecule has 0 saturated carbocycles. The molecule has 3 nitrogen and oxygen atoms in total. The highest BCUT2D eigenvalue weighted by Crippen LogP contribution is 2.35. The summed E-state index contributed by atoms with van der Waals surface area (Å²) >= 11 is 0. The lowest BCUT2D eigenvalue weighted by molar-refractivity contribution is -0.0807. The number of benzene rings is 1. The molecule has 3 aliphatic rings. The fourth-order valence-corrected chi connectivity index (χ4v) is 3.74. The molecule has 1 aromatic rings. The van der Waals surface area contributed by atoms with Crippen LogP contribution in [0.4, 0.5) is 4.39 Å². The van der Waals surface area contributed by atoms with Gasteiger partial charge in [-0.3, -0.25) is 9.89 Å². The number of aliphatic imine (C=N–C) groups is 1. The average Bonchev–Trinajstić information content (AvgIpc) is 2.83. The van der Waals surface area contributed by atoms with Crippen molar-refractivity contribution in [3.63, 3.8) is 0 Å². The highest BCUT2D eigenvalue weighted by molar-refractivity contribution is 5.85. The summed E-state index contributed by atoms with van der Waals surface area (Å²) in [4.78, 5) is 6.57. The Bertz CT molecular complexity index is 582. The Morgan fingerprint density at radius 2 is 2.19 bits per heavy atom. The molecule has 4 rings (SSSR count). The van der Waals surface area contributed by atoms with Crippen LogP contribution in [-0.2, 0) is 11.3 Å². The zero-order chi connectivity index (χ0) is 14.4. The zero-order valence-electron chi connectivity index (χ0n) is 12.4. The van der Waals surface area contributed by atoms with E-state index in [0.29, 0.717) is 12.6 Å². The predicted octanol–water partition coefficient (Wildman–Crippen LogP) is 2.45. The van der Waals surface area contributed by atoms with Gasteiger partial charge in [-0.25, -0.2) is 4.39 Å². The van der Waals surface area contributed by atoms with Crippen LogP contribution >= 0.6 is 0 Å². The van der Waals surface area contributed by atoms with E-state index in [0.717, 1.165) is 32.7 Å². The average molecular weight is 288 g/mol. The number of hydrogen-bond acceptors (Lipinski definition) is 3. The Labute approximate surface area is 124 Å². The first-order chi connectivity index (χ1) is 10.2. The summed E-state index contributed by atoms with van der Waals surface area (Å²) in [6, 6.07) is 4.80. The third-order valence-electron chi connectivity index (χ3n) is 5.13. The van der Waals surface area contributed by atoms with Gasteiger partial charge < -0.3 is 4.74 Å². The lowest BCUT2D eigenvalue weighted by Crippen LogP contribution is -2.54. The van der Waals surface area contributed by atoms with Crippen molar-refractivity contribution in [2.24, 2.45) is 4.99 Å².